The van der Waals surface area contributed by atoms with Crippen molar-refractivity contribution in [3.8, 4) is 23.0 Å². The van der Waals surface area contributed by atoms with Crippen molar-refractivity contribution in [2.24, 2.45) is 0 Å². The lowest BCUT2D eigenvalue weighted by Gasteiger charge is -2.13. The van der Waals surface area contributed by atoms with Crippen LogP contribution in [0.25, 0.3) is 11.0 Å². The molecule has 5 aromatic rings. The lowest BCUT2D eigenvalue weighted by atomic mass is 10.3. The molecule has 0 spiro atoms. The Morgan fingerprint density at radius 3 is 2.41 bits per heavy atom. The first-order valence-corrected chi connectivity index (χ1v) is 16.0. The molecule has 0 aliphatic rings. The Balaban J connectivity index is 1.47. The minimum absolute atomic E-state index is 0.0398. The summed E-state index contributed by atoms with van der Waals surface area (Å²) in [5.41, 5.74) is 0.100. The summed E-state index contributed by atoms with van der Waals surface area (Å²) in [5, 5.41) is 2.16. The summed E-state index contributed by atoms with van der Waals surface area (Å²) in [4.78, 5) is 24.4. The Kier molecular flexibility index (Phi) is 9.72. The van der Waals surface area contributed by atoms with Gasteiger partial charge in [0.05, 0.1) is 52.4 Å². The summed E-state index contributed by atoms with van der Waals surface area (Å²) < 4.78 is 88.9. The third kappa shape index (κ3) is 7.05. The zero-order chi connectivity index (χ0) is 32.8. The number of nitrogens with zero attached hydrogens (tertiary/aromatic N) is 4. The minimum Gasteiger partial charge on any atom is -0.493 e. The van der Waals surface area contributed by atoms with Gasteiger partial charge in [-0.05, 0) is 48.5 Å². The Labute approximate surface area is 263 Å². The van der Waals surface area contributed by atoms with E-state index in [1.807, 2.05) is 0 Å². The van der Waals surface area contributed by atoms with Gasteiger partial charge in [0.25, 0.3) is 15.9 Å². The van der Waals surface area contributed by atoms with Crippen LogP contribution in [-0.4, -0.2) is 64.9 Å². The number of benzene rings is 2. The molecule has 0 saturated carbocycles. The number of imidazole rings is 1. The molecule has 13 nitrogen and oxygen atoms in total. The van der Waals surface area contributed by atoms with Crippen LogP contribution in [0.1, 0.15) is 5.69 Å². The fraction of sp³-hybridized carbons (Fsp3) is 0.172. The molecule has 0 aliphatic carbocycles. The molecule has 0 saturated heterocycles. The second-order valence-corrected chi connectivity index (χ2v) is 12.3. The van der Waals surface area contributed by atoms with Crippen LogP contribution in [0.2, 0.25) is 0 Å². The molecule has 0 fully saturated rings. The number of ether oxygens (including phenoxy) is 4. The number of nitrogens with one attached hydrogen (secondary N) is 1. The van der Waals surface area contributed by atoms with Gasteiger partial charge in [0, 0.05) is 24.5 Å². The number of anilines is 1. The average Bonchev–Trinajstić information content (AvgIpc) is 3.44. The molecular weight excluding hydrogens is 648 g/mol. The first kappa shape index (κ1) is 32.2. The maximum absolute atomic E-state index is 14.0. The first-order valence-electron chi connectivity index (χ1n) is 13.2. The summed E-state index contributed by atoms with van der Waals surface area (Å²) in [5.74, 6) is -0.0354. The number of alkyl halides is 2. The minimum atomic E-state index is -4.49. The average molecular weight is 674 g/mol. The molecule has 3 heterocycles. The van der Waals surface area contributed by atoms with Crippen molar-refractivity contribution < 1.29 is 45.1 Å². The number of halogens is 2. The molecule has 3 aromatic heterocycles. The van der Waals surface area contributed by atoms with Crippen LogP contribution in [0, 0.1) is 0 Å². The standard InChI is InChI=1S/C29H25F2N5O8S2/c1-41-24-12-14-32-22(27(24)42-2)17-45(38)29-34-21-15-19(44-28(30)31)8-11-23(21)36(29)46(39,40)20-9-6-18(7-10-20)43-16-26(37)35-25-5-3-4-13-33-25/h3-15,28H,16-17H2,1-2H3,(H,33,35,37). The van der Waals surface area contributed by atoms with Gasteiger partial charge in [0.1, 0.15) is 17.3 Å². The smallest absolute Gasteiger partial charge is 0.387 e. The second-order valence-electron chi connectivity index (χ2n) is 9.20. The third-order valence-electron chi connectivity index (χ3n) is 6.28. The number of aromatic nitrogens is 4. The Morgan fingerprint density at radius 2 is 1.74 bits per heavy atom. The van der Waals surface area contributed by atoms with E-state index in [0.29, 0.717) is 11.6 Å². The van der Waals surface area contributed by atoms with Gasteiger partial charge in [0.15, 0.2) is 18.1 Å². The number of carbonyl (C=O) groups is 1. The summed E-state index contributed by atoms with van der Waals surface area (Å²) in [7, 11) is -3.86. The fourth-order valence-electron chi connectivity index (χ4n) is 4.29. The first-order chi connectivity index (χ1) is 22.1. The van der Waals surface area contributed by atoms with Gasteiger partial charge >= 0.3 is 6.61 Å². The summed E-state index contributed by atoms with van der Waals surface area (Å²) in [6, 6.07) is 15.2. The van der Waals surface area contributed by atoms with Crippen molar-refractivity contribution in [3.63, 3.8) is 0 Å². The topological polar surface area (TPSA) is 161 Å². The molecule has 17 heteroatoms. The van der Waals surface area contributed by atoms with Crippen LogP contribution < -0.4 is 24.3 Å². The normalized spacial score (nSPS) is 12.1. The van der Waals surface area contributed by atoms with Gasteiger partial charge in [-0.1, -0.05) is 6.07 Å². The fourth-order valence-corrected chi connectivity index (χ4v) is 7.25. The lowest BCUT2D eigenvalue weighted by Crippen LogP contribution is -2.20. The highest BCUT2D eigenvalue weighted by atomic mass is 32.2. The van der Waals surface area contributed by atoms with Crippen molar-refractivity contribution in [1.29, 1.82) is 0 Å². The number of hydrogen-bond donors (Lipinski definition) is 1. The Morgan fingerprint density at radius 1 is 0.978 bits per heavy atom. The van der Waals surface area contributed by atoms with E-state index >= 15 is 0 Å². The van der Waals surface area contributed by atoms with Gasteiger partial charge in [-0.15, -0.1) is 0 Å². The van der Waals surface area contributed by atoms with Gasteiger partial charge in [-0.3, -0.25) is 14.0 Å². The zero-order valence-electron chi connectivity index (χ0n) is 24.1. The summed E-state index contributed by atoms with van der Waals surface area (Å²) in [6.45, 7) is -3.51. The maximum atomic E-state index is 14.0. The molecule has 1 amide bonds. The molecule has 2 aromatic carbocycles. The molecule has 1 unspecified atom stereocenters. The Hall–Kier alpha value is -5.16. The van der Waals surface area contributed by atoms with Crippen molar-refractivity contribution in [2.45, 2.75) is 22.4 Å². The van der Waals surface area contributed by atoms with Gasteiger partial charge in [-0.25, -0.2) is 22.4 Å². The van der Waals surface area contributed by atoms with Gasteiger partial charge < -0.3 is 24.3 Å². The Bertz CT molecular complexity index is 1990. The molecule has 46 heavy (non-hydrogen) atoms. The number of hydrogen-bond acceptors (Lipinski definition) is 11. The van der Waals surface area contributed by atoms with Crippen molar-refractivity contribution in [1.82, 2.24) is 18.9 Å². The van der Waals surface area contributed by atoms with Gasteiger partial charge in [0.2, 0.25) is 5.16 Å². The third-order valence-corrected chi connectivity index (χ3v) is 9.33. The van der Waals surface area contributed by atoms with Crippen LogP contribution in [-0.2, 0) is 31.4 Å². The van der Waals surface area contributed by atoms with Crippen LogP contribution in [0.15, 0.2) is 89.2 Å². The van der Waals surface area contributed by atoms with E-state index in [2.05, 4.69) is 25.0 Å². The molecule has 0 radical (unpaired) electrons. The number of pyridine rings is 2. The van der Waals surface area contributed by atoms with E-state index in [0.717, 1.165) is 16.1 Å². The number of fused-ring (bicyclic) bond motifs is 1. The van der Waals surface area contributed by atoms with Gasteiger partial charge in [-0.2, -0.15) is 8.78 Å². The van der Waals surface area contributed by atoms with Crippen molar-refractivity contribution in [2.75, 3.05) is 26.1 Å². The van der Waals surface area contributed by atoms with E-state index in [-0.39, 0.29) is 51.2 Å². The molecule has 1 N–H and O–H groups in total. The van der Waals surface area contributed by atoms with Crippen LogP contribution in [0.5, 0.6) is 23.0 Å². The molecule has 0 aliphatic heterocycles. The highest BCUT2D eigenvalue weighted by Gasteiger charge is 2.29. The van der Waals surface area contributed by atoms with Crippen LogP contribution in [0.3, 0.4) is 0 Å². The van der Waals surface area contributed by atoms with E-state index in [9.17, 15) is 26.2 Å². The monoisotopic (exact) mass is 673 g/mol. The predicted octanol–water partition coefficient (Wildman–Crippen LogP) is 4.01. The SMILES string of the molecule is COc1ccnc(CS(=O)c2nc3cc(OC(F)F)ccc3n2S(=O)(=O)c2ccc(OCC(=O)Nc3ccccn3)cc2)c1OC. The quantitative estimate of drug-likeness (QED) is 0.192. The molecule has 0 bridgehead atoms. The van der Waals surface area contributed by atoms with Crippen LogP contribution in [0.4, 0.5) is 14.6 Å². The summed E-state index contributed by atoms with van der Waals surface area (Å²) in [6.07, 6.45) is 2.93. The highest BCUT2D eigenvalue weighted by Crippen LogP contribution is 2.33. The lowest BCUT2D eigenvalue weighted by molar-refractivity contribution is -0.118. The van der Waals surface area contributed by atoms with E-state index in [1.165, 1.54) is 63.0 Å². The largest absolute Gasteiger partial charge is 0.493 e. The highest BCUT2D eigenvalue weighted by molar-refractivity contribution is 7.91. The molecular formula is C29H25F2N5O8S2. The number of rotatable bonds is 13. The molecule has 5 rings (SSSR count). The second kappa shape index (κ2) is 13.9. The molecule has 240 valence electrons. The van der Waals surface area contributed by atoms with E-state index in [4.69, 9.17) is 14.2 Å². The number of methoxy groups -OCH3 is 2. The zero-order valence-corrected chi connectivity index (χ0v) is 25.8. The van der Waals surface area contributed by atoms with E-state index in [1.54, 1.807) is 18.2 Å². The molecule has 1 atom stereocenters. The van der Waals surface area contributed by atoms with Crippen molar-refractivity contribution in [3.05, 3.63) is 84.8 Å². The van der Waals surface area contributed by atoms with Crippen molar-refractivity contribution >= 4 is 43.6 Å². The summed E-state index contributed by atoms with van der Waals surface area (Å²) >= 11 is 0. The van der Waals surface area contributed by atoms with E-state index < -0.39 is 38.5 Å². The number of carbonyl (C=O) groups excluding carboxylic acids is 1. The number of amides is 1. The van der Waals surface area contributed by atoms with Crippen LogP contribution >= 0.6 is 0 Å². The maximum Gasteiger partial charge on any atom is 0.387 e. The predicted molar refractivity (Wildman–Crippen MR) is 161 cm³/mol.